The Morgan fingerprint density at radius 2 is 1.84 bits per heavy atom. The normalized spacial score (nSPS) is 20.5. The molecule has 2 fully saturated rings. The van der Waals surface area contributed by atoms with Gasteiger partial charge in [-0.1, -0.05) is 15.9 Å². The molecule has 142 valence electrons. The molecule has 0 radical (unpaired) electrons. The molecule has 1 amide bonds. The average Bonchev–Trinajstić information content (AvgIpc) is 3.03. The lowest BCUT2D eigenvalue weighted by Gasteiger charge is -2.22. The van der Waals surface area contributed by atoms with Crippen LogP contribution >= 0.6 is 40.7 Å². The first kappa shape index (κ1) is 22.6. The number of hydrogen-bond donors (Lipinski definition) is 2. The Morgan fingerprint density at radius 1 is 1.16 bits per heavy atom. The molecule has 2 heterocycles. The summed E-state index contributed by atoms with van der Waals surface area (Å²) in [6.45, 7) is 4.15. The molecule has 1 atom stereocenters. The maximum absolute atomic E-state index is 12.2. The van der Waals surface area contributed by atoms with Gasteiger partial charge in [0.1, 0.15) is 0 Å². The summed E-state index contributed by atoms with van der Waals surface area (Å²) in [4.78, 5) is 14.5. The Morgan fingerprint density at radius 3 is 2.52 bits per heavy atom. The van der Waals surface area contributed by atoms with Crippen LogP contribution in [-0.4, -0.2) is 38.1 Å². The lowest BCUT2D eigenvalue weighted by molar-refractivity contribution is -0.122. The number of nitrogens with one attached hydrogen (secondary N) is 2. The van der Waals surface area contributed by atoms with Gasteiger partial charge in [-0.25, -0.2) is 0 Å². The molecule has 0 saturated carbocycles. The highest BCUT2D eigenvalue weighted by Gasteiger charge is 2.24. The van der Waals surface area contributed by atoms with Crippen LogP contribution in [0.4, 0.5) is 5.69 Å². The van der Waals surface area contributed by atoms with Crippen LogP contribution in [0.25, 0.3) is 0 Å². The Labute approximate surface area is 171 Å². The maximum atomic E-state index is 12.2. The summed E-state index contributed by atoms with van der Waals surface area (Å²) in [7, 11) is 0. The number of nitrogens with zero attached hydrogens (tertiary/aromatic N) is 1. The van der Waals surface area contributed by atoms with Crippen molar-refractivity contribution in [3.63, 3.8) is 0 Å². The molecule has 1 aromatic carbocycles. The van der Waals surface area contributed by atoms with Crippen molar-refractivity contribution in [3.8, 4) is 0 Å². The number of amides is 1. The summed E-state index contributed by atoms with van der Waals surface area (Å²) in [5, 5.41) is 6.60. The van der Waals surface area contributed by atoms with Gasteiger partial charge >= 0.3 is 0 Å². The molecular weight excluding hydrogens is 425 g/mol. The minimum Gasteiger partial charge on any atom is -0.369 e. The van der Waals surface area contributed by atoms with Gasteiger partial charge in [-0.15, -0.1) is 24.8 Å². The summed E-state index contributed by atoms with van der Waals surface area (Å²) in [6, 6.07) is 8.69. The molecule has 4 nitrogen and oxygen atoms in total. The summed E-state index contributed by atoms with van der Waals surface area (Å²) in [5.41, 5.74) is 1.24. The first-order chi connectivity index (χ1) is 11.2. The van der Waals surface area contributed by atoms with Crippen LogP contribution in [0.2, 0.25) is 0 Å². The van der Waals surface area contributed by atoms with E-state index in [0.29, 0.717) is 12.5 Å². The number of carbonyl (C=O) groups is 1. The standard InChI is InChI=1S/C18H26BrN3O.2ClH/c19-15-2-4-17(5-3-15)22-12-9-16(13-22)21-18(23)6-1-14-7-10-20-11-8-14;;/h2-5,14,16,20H,1,6-13H2,(H,21,23);2*1H. The second-order valence-corrected chi connectivity index (χ2v) is 7.62. The second-order valence-electron chi connectivity index (χ2n) is 6.71. The highest BCUT2D eigenvalue weighted by molar-refractivity contribution is 9.10. The van der Waals surface area contributed by atoms with Gasteiger partial charge in [-0.05, 0) is 69.0 Å². The van der Waals surface area contributed by atoms with E-state index in [1.54, 1.807) is 0 Å². The minimum atomic E-state index is 0. The van der Waals surface area contributed by atoms with Crippen molar-refractivity contribution < 1.29 is 4.79 Å². The molecule has 0 aliphatic carbocycles. The van der Waals surface area contributed by atoms with E-state index >= 15 is 0 Å². The van der Waals surface area contributed by atoms with Crippen LogP contribution in [-0.2, 0) is 4.79 Å². The van der Waals surface area contributed by atoms with E-state index in [4.69, 9.17) is 0 Å². The Bertz CT molecular complexity index is 524. The SMILES string of the molecule is Cl.Cl.O=C(CCC1CCNCC1)NC1CCN(c2ccc(Br)cc2)C1. The van der Waals surface area contributed by atoms with E-state index in [9.17, 15) is 4.79 Å². The second kappa shape index (κ2) is 11.3. The van der Waals surface area contributed by atoms with Gasteiger partial charge in [0.25, 0.3) is 0 Å². The third-order valence-electron chi connectivity index (χ3n) is 4.98. The van der Waals surface area contributed by atoms with Crippen LogP contribution in [0.5, 0.6) is 0 Å². The van der Waals surface area contributed by atoms with Crippen LogP contribution in [0.15, 0.2) is 28.7 Å². The van der Waals surface area contributed by atoms with Crippen molar-refractivity contribution in [2.45, 2.75) is 38.1 Å². The van der Waals surface area contributed by atoms with E-state index < -0.39 is 0 Å². The van der Waals surface area contributed by atoms with Gasteiger partial charge in [0.05, 0.1) is 0 Å². The zero-order valence-electron chi connectivity index (χ0n) is 14.4. The monoisotopic (exact) mass is 451 g/mol. The van der Waals surface area contributed by atoms with Gasteiger partial charge in [0, 0.05) is 35.7 Å². The predicted molar refractivity (Wildman–Crippen MR) is 112 cm³/mol. The Hall–Kier alpha value is -0.490. The zero-order valence-corrected chi connectivity index (χ0v) is 17.6. The molecule has 0 bridgehead atoms. The van der Waals surface area contributed by atoms with Crippen LogP contribution in [0, 0.1) is 5.92 Å². The lowest BCUT2D eigenvalue weighted by atomic mass is 9.93. The molecule has 0 spiro atoms. The van der Waals surface area contributed by atoms with Crippen molar-refractivity contribution in [2.75, 3.05) is 31.1 Å². The van der Waals surface area contributed by atoms with Gasteiger partial charge < -0.3 is 15.5 Å². The third-order valence-corrected chi connectivity index (χ3v) is 5.51. The van der Waals surface area contributed by atoms with E-state index in [2.05, 4.69) is 55.7 Å². The van der Waals surface area contributed by atoms with Crippen molar-refractivity contribution in [3.05, 3.63) is 28.7 Å². The summed E-state index contributed by atoms with van der Waals surface area (Å²) < 4.78 is 1.10. The summed E-state index contributed by atoms with van der Waals surface area (Å²) in [5.74, 6) is 0.955. The topological polar surface area (TPSA) is 44.4 Å². The number of benzene rings is 1. The average molecular weight is 453 g/mol. The fraction of sp³-hybridized carbons (Fsp3) is 0.611. The number of rotatable bonds is 5. The Balaban J connectivity index is 0.00000156. The van der Waals surface area contributed by atoms with Gasteiger partial charge in [0.2, 0.25) is 5.91 Å². The Kier molecular flexibility index (Phi) is 10.2. The van der Waals surface area contributed by atoms with Gasteiger partial charge in [-0.3, -0.25) is 4.79 Å². The van der Waals surface area contributed by atoms with Crippen molar-refractivity contribution >= 4 is 52.3 Å². The fourth-order valence-corrected chi connectivity index (χ4v) is 3.83. The molecule has 2 saturated heterocycles. The third kappa shape index (κ3) is 6.97. The van der Waals surface area contributed by atoms with E-state index in [1.807, 2.05) is 0 Å². The van der Waals surface area contributed by atoms with Gasteiger partial charge in [-0.2, -0.15) is 0 Å². The van der Waals surface area contributed by atoms with E-state index in [1.165, 1.54) is 18.5 Å². The molecule has 7 heteroatoms. The minimum absolute atomic E-state index is 0. The molecule has 2 N–H and O–H groups in total. The molecule has 1 aromatic rings. The van der Waals surface area contributed by atoms with E-state index in [0.717, 1.165) is 49.4 Å². The quantitative estimate of drug-likeness (QED) is 0.714. The number of piperidine rings is 1. The number of hydrogen-bond acceptors (Lipinski definition) is 3. The first-order valence-corrected chi connectivity index (χ1v) is 9.50. The van der Waals surface area contributed by atoms with Crippen molar-refractivity contribution in [1.29, 1.82) is 0 Å². The maximum Gasteiger partial charge on any atom is 0.220 e. The highest BCUT2D eigenvalue weighted by atomic mass is 79.9. The number of carbonyl (C=O) groups excluding carboxylic acids is 1. The van der Waals surface area contributed by atoms with Gasteiger partial charge in [0.15, 0.2) is 0 Å². The van der Waals surface area contributed by atoms with Crippen molar-refractivity contribution in [2.24, 2.45) is 5.92 Å². The van der Waals surface area contributed by atoms with Crippen LogP contribution in [0.1, 0.15) is 32.1 Å². The molecular formula is C18H28BrCl2N3O. The smallest absolute Gasteiger partial charge is 0.220 e. The zero-order chi connectivity index (χ0) is 16.1. The van der Waals surface area contributed by atoms with Crippen LogP contribution in [0.3, 0.4) is 0 Å². The highest BCUT2D eigenvalue weighted by Crippen LogP contribution is 2.23. The molecule has 25 heavy (non-hydrogen) atoms. The van der Waals surface area contributed by atoms with Crippen molar-refractivity contribution in [1.82, 2.24) is 10.6 Å². The molecule has 3 rings (SSSR count). The molecule has 2 aliphatic rings. The summed E-state index contributed by atoms with van der Waals surface area (Å²) in [6.07, 6.45) is 5.19. The number of anilines is 1. The molecule has 2 aliphatic heterocycles. The number of halogens is 3. The summed E-state index contributed by atoms with van der Waals surface area (Å²) >= 11 is 3.47. The lowest BCUT2D eigenvalue weighted by Crippen LogP contribution is -2.37. The van der Waals surface area contributed by atoms with Crippen LogP contribution < -0.4 is 15.5 Å². The first-order valence-electron chi connectivity index (χ1n) is 8.71. The molecule has 0 aromatic heterocycles. The largest absolute Gasteiger partial charge is 0.369 e. The fourth-order valence-electron chi connectivity index (χ4n) is 3.57. The van der Waals surface area contributed by atoms with E-state index in [-0.39, 0.29) is 30.7 Å². The molecule has 1 unspecified atom stereocenters. The predicted octanol–water partition coefficient (Wildman–Crippen LogP) is 3.77.